The molecule has 0 amide bonds. The lowest BCUT2D eigenvalue weighted by molar-refractivity contribution is -0.288. The molecule has 1 aliphatic heterocycles. The quantitative estimate of drug-likeness (QED) is 0.456. The van der Waals surface area contributed by atoms with Crippen molar-refractivity contribution < 1.29 is 47.6 Å². The zero-order valence-electron chi connectivity index (χ0n) is 18.0. The molecule has 1 heterocycles. The van der Waals surface area contributed by atoms with Gasteiger partial charge < -0.3 is 28.4 Å². The van der Waals surface area contributed by atoms with Gasteiger partial charge in [0.05, 0.1) is 0 Å². The maximum Gasteiger partial charge on any atom is 0.303 e. The first-order valence-corrected chi connectivity index (χ1v) is 9.60. The summed E-state index contributed by atoms with van der Waals surface area (Å²) in [6, 6.07) is 6.98. The van der Waals surface area contributed by atoms with Gasteiger partial charge in [0.25, 0.3) is 0 Å². The van der Waals surface area contributed by atoms with Crippen molar-refractivity contribution in [3.63, 3.8) is 0 Å². The van der Waals surface area contributed by atoms with E-state index in [-0.39, 0.29) is 6.61 Å². The third-order valence-corrected chi connectivity index (χ3v) is 4.22. The summed E-state index contributed by atoms with van der Waals surface area (Å²) < 4.78 is 32.7. The number of hydrogen-bond donors (Lipinski definition) is 0. The lowest BCUT2D eigenvalue weighted by Crippen LogP contribution is -2.63. The fraction of sp³-hybridized carbons (Fsp3) is 0.524. The van der Waals surface area contributed by atoms with Crippen LogP contribution in [-0.2, 0) is 42.9 Å². The lowest BCUT2D eigenvalue weighted by atomic mass is 9.98. The molecule has 0 bridgehead atoms. The van der Waals surface area contributed by atoms with E-state index in [1.807, 2.05) is 6.92 Å². The van der Waals surface area contributed by atoms with Gasteiger partial charge in [0.2, 0.25) is 12.4 Å². The topological polar surface area (TPSA) is 124 Å². The van der Waals surface area contributed by atoms with Crippen molar-refractivity contribution in [1.29, 1.82) is 0 Å². The van der Waals surface area contributed by atoms with Crippen LogP contribution in [0.4, 0.5) is 0 Å². The highest BCUT2D eigenvalue weighted by Gasteiger charge is 2.53. The van der Waals surface area contributed by atoms with Crippen molar-refractivity contribution in [2.45, 2.75) is 65.3 Å². The number of carbonyl (C=O) groups excluding carboxylic acids is 4. The summed E-state index contributed by atoms with van der Waals surface area (Å²) in [5, 5.41) is 0. The first kappa shape index (κ1) is 24.1. The molecule has 1 saturated heterocycles. The van der Waals surface area contributed by atoms with Crippen molar-refractivity contribution >= 4 is 23.9 Å². The maximum absolute atomic E-state index is 11.8. The Labute approximate surface area is 179 Å². The molecule has 0 spiro atoms. The molecule has 0 radical (unpaired) electrons. The Morgan fingerprint density at radius 3 is 1.81 bits per heavy atom. The maximum atomic E-state index is 11.8. The van der Waals surface area contributed by atoms with Crippen LogP contribution in [0.2, 0.25) is 0 Å². The minimum Gasteiger partial charge on any atom is -0.463 e. The number of carbonyl (C=O) groups is 4. The zero-order valence-corrected chi connectivity index (χ0v) is 18.0. The third kappa shape index (κ3) is 7.25. The standard InChI is InChI=1S/C21H26O10/c1-11-6-8-16(9-7-11)30-21-20(29-15(5)25)19(28-14(4)24)18(27-13(3)23)17(31-21)10-26-12(2)22/h6-9,17-21H,10H2,1-5H3/t17?,18-,19-,20?,21+/m0/s1. The number of benzene rings is 1. The second kappa shape index (κ2) is 10.8. The Bertz CT molecular complexity index is 803. The van der Waals surface area contributed by atoms with E-state index >= 15 is 0 Å². The van der Waals surface area contributed by atoms with Crippen LogP contribution >= 0.6 is 0 Å². The summed E-state index contributed by atoms with van der Waals surface area (Å²) in [6.07, 6.45) is -6.05. The largest absolute Gasteiger partial charge is 0.463 e. The number of esters is 4. The predicted molar refractivity (Wildman–Crippen MR) is 104 cm³/mol. The van der Waals surface area contributed by atoms with Crippen molar-refractivity contribution in [2.75, 3.05) is 6.61 Å². The van der Waals surface area contributed by atoms with E-state index in [0.717, 1.165) is 19.4 Å². The molecule has 0 aromatic heterocycles. The van der Waals surface area contributed by atoms with Gasteiger partial charge >= 0.3 is 23.9 Å². The van der Waals surface area contributed by atoms with Crippen molar-refractivity contribution in [3.05, 3.63) is 29.8 Å². The molecule has 1 aromatic rings. The molecular weight excluding hydrogens is 412 g/mol. The Hall–Kier alpha value is -3.14. The zero-order chi connectivity index (χ0) is 23.1. The lowest BCUT2D eigenvalue weighted by Gasteiger charge is -2.43. The average Bonchev–Trinajstić information content (AvgIpc) is 2.65. The molecule has 1 aliphatic rings. The minimum absolute atomic E-state index is 0.314. The van der Waals surface area contributed by atoms with E-state index < -0.39 is 54.6 Å². The van der Waals surface area contributed by atoms with E-state index in [0.29, 0.717) is 5.75 Å². The van der Waals surface area contributed by atoms with Gasteiger partial charge in [-0.05, 0) is 19.1 Å². The van der Waals surface area contributed by atoms with E-state index in [1.54, 1.807) is 24.3 Å². The molecule has 10 nitrogen and oxygen atoms in total. The highest BCUT2D eigenvalue weighted by molar-refractivity contribution is 5.68. The van der Waals surface area contributed by atoms with Gasteiger partial charge in [-0.25, -0.2) is 0 Å². The highest BCUT2D eigenvalue weighted by Crippen LogP contribution is 2.31. The second-order valence-electron chi connectivity index (χ2n) is 7.00. The summed E-state index contributed by atoms with van der Waals surface area (Å²) in [7, 11) is 0. The molecule has 10 heteroatoms. The van der Waals surface area contributed by atoms with Gasteiger partial charge in [-0.1, -0.05) is 17.7 Å². The van der Waals surface area contributed by atoms with Crippen molar-refractivity contribution in [1.82, 2.24) is 0 Å². The fourth-order valence-corrected chi connectivity index (χ4v) is 3.03. The van der Waals surface area contributed by atoms with E-state index in [1.165, 1.54) is 13.8 Å². The summed E-state index contributed by atoms with van der Waals surface area (Å²) in [5.74, 6) is -2.29. The average molecular weight is 438 g/mol. The van der Waals surface area contributed by atoms with Gasteiger partial charge in [-0.2, -0.15) is 0 Å². The minimum atomic E-state index is -1.27. The molecule has 0 saturated carbocycles. The first-order chi connectivity index (χ1) is 14.6. The van der Waals surface area contributed by atoms with Crippen molar-refractivity contribution in [3.8, 4) is 5.75 Å². The number of ether oxygens (including phenoxy) is 6. The van der Waals surface area contributed by atoms with Crippen LogP contribution in [0.3, 0.4) is 0 Å². The molecule has 0 N–H and O–H groups in total. The van der Waals surface area contributed by atoms with Gasteiger partial charge in [0.1, 0.15) is 18.5 Å². The van der Waals surface area contributed by atoms with Crippen LogP contribution in [0.25, 0.3) is 0 Å². The Kier molecular flexibility index (Phi) is 8.38. The summed E-state index contributed by atoms with van der Waals surface area (Å²) in [5.41, 5.74) is 0.994. The molecule has 170 valence electrons. The Morgan fingerprint density at radius 2 is 1.29 bits per heavy atom. The van der Waals surface area contributed by atoms with Crippen LogP contribution in [0.1, 0.15) is 33.3 Å². The second-order valence-corrected chi connectivity index (χ2v) is 7.00. The Balaban J connectivity index is 2.43. The van der Waals surface area contributed by atoms with Gasteiger partial charge in [0.15, 0.2) is 12.2 Å². The van der Waals surface area contributed by atoms with Crippen LogP contribution < -0.4 is 4.74 Å². The van der Waals surface area contributed by atoms with Crippen molar-refractivity contribution in [2.24, 2.45) is 0 Å². The molecule has 0 aliphatic carbocycles. The van der Waals surface area contributed by atoms with Gasteiger partial charge in [0, 0.05) is 27.7 Å². The predicted octanol–water partition coefficient (Wildman–Crippen LogP) is 1.46. The smallest absolute Gasteiger partial charge is 0.303 e. The van der Waals surface area contributed by atoms with Gasteiger partial charge in [-0.3, -0.25) is 19.2 Å². The van der Waals surface area contributed by atoms with Crippen LogP contribution in [-0.4, -0.2) is 61.2 Å². The molecule has 2 unspecified atom stereocenters. The molecule has 5 atom stereocenters. The summed E-state index contributed by atoms with van der Waals surface area (Å²) in [6.45, 7) is 6.27. The number of aryl methyl sites for hydroxylation is 1. The van der Waals surface area contributed by atoms with Crippen LogP contribution in [0.5, 0.6) is 5.75 Å². The normalized spacial score (nSPS) is 25.1. The van der Waals surface area contributed by atoms with Crippen LogP contribution in [0.15, 0.2) is 24.3 Å². The third-order valence-electron chi connectivity index (χ3n) is 4.22. The van der Waals surface area contributed by atoms with E-state index in [2.05, 4.69) is 0 Å². The van der Waals surface area contributed by atoms with E-state index in [9.17, 15) is 19.2 Å². The molecular formula is C21H26O10. The Morgan fingerprint density at radius 1 is 0.774 bits per heavy atom. The first-order valence-electron chi connectivity index (χ1n) is 9.60. The van der Waals surface area contributed by atoms with E-state index in [4.69, 9.17) is 28.4 Å². The summed E-state index contributed by atoms with van der Waals surface area (Å²) in [4.78, 5) is 46.6. The SMILES string of the molecule is CC(=O)OCC1O[C@@H](Oc2ccc(C)cc2)C(OC(C)=O)[C@@H](OC(C)=O)[C@H]1OC(C)=O. The molecule has 2 rings (SSSR count). The number of hydrogen-bond acceptors (Lipinski definition) is 10. The summed E-state index contributed by atoms with van der Waals surface area (Å²) >= 11 is 0. The fourth-order valence-electron chi connectivity index (χ4n) is 3.03. The monoisotopic (exact) mass is 438 g/mol. The van der Waals surface area contributed by atoms with Gasteiger partial charge in [-0.15, -0.1) is 0 Å². The van der Waals surface area contributed by atoms with Crippen LogP contribution in [0, 0.1) is 6.92 Å². The molecule has 1 aromatic carbocycles. The molecule has 1 fully saturated rings. The highest BCUT2D eigenvalue weighted by atomic mass is 16.7. The number of rotatable bonds is 7. The molecule has 31 heavy (non-hydrogen) atoms.